The van der Waals surface area contributed by atoms with E-state index in [1.54, 1.807) is 0 Å². The van der Waals surface area contributed by atoms with Crippen molar-refractivity contribution in [3.63, 3.8) is 0 Å². The molecule has 0 aliphatic heterocycles. The van der Waals surface area contributed by atoms with E-state index in [2.05, 4.69) is 9.05 Å². The minimum atomic E-state index is -6.46. The van der Waals surface area contributed by atoms with Gasteiger partial charge >= 0.3 is 25.6 Å². The smallest absolute Gasteiger partial charge is 0.306 e. The molecule has 0 saturated carbocycles. The quantitative estimate of drug-likeness (QED) is 0.505. The summed E-state index contributed by atoms with van der Waals surface area (Å²) < 4.78 is 107. The maximum absolute atomic E-state index is 12.9. The molecule has 0 amide bonds. The van der Waals surface area contributed by atoms with E-state index in [-0.39, 0.29) is 19.0 Å². The van der Waals surface area contributed by atoms with E-state index in [4.69, 9.17) is 0 Å². The summed E-state index contributed by atoms with van der Waals surface area (Å²) in [7, 11) is -4.30. The molecule has 0 aromatic rings. The zero-order valence-electron chi connectivity index (χ0n) is 10.4. The third-order valence-electron chi connectivity index (χ3n) is 1.86. The summed E-state index contributed by atoms with van der Waals surface area (Å²) in [4.78, 5) is 0. The SMILES string of the molecule is CCOP(=O)(/C=C/C(F)(F)C(F)(F)C(F)(F)F)OCC. The van der Waals surface area contributed by atoms with Gasteiger partial charge in [0.25, 0.3) is 0 Å². The monoisotopic (exact) mass is 332 g/mol. The average molecular weight is 332 g/mol. The molecule has 0 fully saturated rings. The van der Waals surface area contributed by atoms with E-state index in [0.29, 0.717) is 0 Å². The van der Waals surface area contributed by atoms with Gasteiger partial charge in [-0.3, -0.25) is 4.57 Å². The van der Waals surface area contributed by atoms with Crippen molar-refractivity contribution >= 4 is 7.60 Å². The highest BCUT2D eigenvalue weighted by molar-refractivity contribution is 7.57. The van der Waals surface area contributed by atoms with E-state index >= 15 is 0 Å². The Labute approximate surface area is 110 Å². The van der Waals surface area contributed by atoms with Gasteiger partial charge in [-0.15, -0.1) is 0 Å². The summed E-state index contributed by atoms with van der Waals surface area (Å²) in [6, 6.07) is 0. The van der Waals surface area contributed by atoms with Crippen molar-refractivity contribution in [2.24, 2.45) is 0 Å². The van der Waals surface area contributed by atoms with Crippen LogP contribution >= 0.6 is 7.60 Å². The summed E-state index contributed by atoms with van der Waals surface area (Å²) in [6.07, 6.45) is -7.27. The Morgan fingerprint density at radius 3 is 1.65 bits per heavy atom. The first kappa shape index (κ1) is 19.4. The van der Waals surface area contributed by atoms with E-state index in [1.807, 2.05) is 0 Å². The first-order valence-corrected chi connectivity index (χ1v) is 6.85. The second kappa shape index (κ2) is 6.44. The second-order valence-electron chi connectivity index (χ2n) is 3.39. The van der Waals surface area contributed by atoms with Crippen LogP contribution in [0.15, 0.2) is 11.9 Å². The van der Waals surface area contributed by atoms with Crippen LogP contribution in [-0.4, -0.2) is 31.2 Å². The fraction of sp³-hybridized carbons (Fsp3) is 0.778. The highest BCUT2D eigenvalue weighted by atomic mass is 31.2. The lowest BCUT2D eigenvalue weighted by atomic mass is 10.1. The van der Waals surface area contributed by atoms with Crippen molar-refractivity contribution in [3.8, 4) is 0 Å². The van der Waals surface area contributed by atoms with Gasteiger partial charge in [0.1, 0.15) is 0 Å². The third kappa shape index (κ3) is 4.46. The molecule has 0 atom stereocenters. The Morgan fingerprint density at radius 1 is 0.950 bits per heavy atom. The fourth-order valence-corrected chi connectivity index (χ4v) is 2.30. The highest BCUT2D eigenvalue weighted by Gasteiger charge is 2.72. The maximum atomic E-state index is 12.9. The summed E-state index contributed by atoms with van der Waals surface area (Å²) in [5, 5.41) is 0. The number of hydrogen-bond donors (Lipinski definition) is 0. The van der Waals surface area contributed by atoms with Crippen LogP contribution in [0.25, 0.3) is 0 Å². The first-order valence-electron chi connectivity index (χ1n) is 5.24. The molecule has 3 nitrogen and oxygen atoms in total. The Bertz CT molecular complexity index is 381. The summed E-state index contributed by atoms with van der Waals surface area (Å²) in [5.41, 5.74) is 0. The first-order chi connectivity index (χ1) is 8.83. The van der Waals surface area contributed by atoms with Crippen LogP contribution in [0.5, 0.6) is 0 Å². The predicted molar refractivity (Wildman–Crippen MR) is 55.9 cm³/mol. The molecule has 0 aliphatic carbocycles. The van der Waals surface area contributed by atoms with E-state index < -0.39 is 31.7 Å². The largest absolute Gasteiger partial charge is 0.460 e. The zero-order valence-corrected chi connectivity index (χ0v) is 11.3. The molecule has 0 aromatic heterocycles. The molecule has 0 heterocycles. The van der Waals surface area contributed by atoms with Crippen LogP contribution < -0.4 is 0 Å². The number of halogens is 7. The number of alkyl halides is 7. The second-order valence-corrected chi connectivity index (χ2v) is 5.28. The van der Waals surface area contributed by atoms with Gasteiger partial charge in [0.2, 0.25) is 0 Å². The van der Waals surface area contributed by atoms with Crippen molar-refractivity contribution in [2.45, 2.75) is 31.9 Å². The lowest BCUT2D eigenvalue weighted by Gasteiger charge is -2.26. The molecule has 120 valence electrons. The molecule has 20 heavy (non-hydrogen) atoms. The lowest BCUT2D eigenvalue weighted by molar-refractivity contribution is -0.341. The Hall–Kier alpha value is -0.600. The Balaban J connectivity index is 5.35. The highest BCUT2D eigenvalue weighted by Crippen LogP contribution is 2.53. The molecule has 0 aliphatic rings. The van der Waals surface area contributed by atoms with Gasteiger partial charge in [-0.25, -0.2) is 0 Å². The number of rotatable bonds is 7. The lowest BCUT2D eigenvalue weighted by Crippen LogP contribution is -2.50. The fourth-order valence-electron chi connectivity index (χ4n) is 0.962. The Morgan fingerprint density at radius 2 is 1.35 bits per heavy atom. The van der Waals surface area contributed by atoms with E-state index in [1.165, 1.54) is 13.8 Å². The topological polar surface area (TPSA) is 35.5 Å². The van der Waals surface area contributed by atoms with Crippen molar-refractivity contribution < 1.29 is 44.3 Å². The molecular weight excluding hydrogens is 320 g/mol. The minimum Gasteiger partial charge on any atom is -0.306 e. The van der Waals surface area contributed by atoms with Crippen LogP contribution in [-0.2, 0) is 13.6 Å². The molecule has 0 radical (unpaired) electrons. The zero-order chi connectivity index (χ0) is 16.2. The molecule has 0 aromatic carbocycles. The van der Waals surface area contributed by atoms with E-state index in [0.717, 1.165) is 0 Å². The predicted octanol–water partition coefficient (Wildman–Crippen LogP) is 4.60. The molecule has 0 unspecified atom stereocenters. The molecule has 0 spiro atoms. The van der Waals surface area contributed by atoms with Gasteiger partial charge in [-0.05, 0) is 19.9 Å². The van der Waals surface area contributed by atoms with Gasteiger partial charge in [-0.2, -0.15) is 30.7 Å². The van der Waals surface area contributed by atoms with Crippen LogP contribution in [0, 0.1) is 0 Å². The molecular formula is C9H12F7O3P. The molecule has 11 heteroatoms. The Kier molecular flexibility index (Phi) is 6.25. The minimum absolute atomic E-state index is 0.0976. The van der Waals surface area contributed by atoms with Gasteiger partial charge in [0.15, 0.2) is 0 Å². The standard InChI is InChI=1S/C9H12F7O3P/c1-3-18-20(17,19-4-2)6-5-7(10,11)8(12,13)9(14,15)16/h5-6H,3-4H2,1-2H3/b6-5+. The molecule has 0 rings (SSSR count). The van der Waals surface area contributed by atoms with Gasteiger partial charge in [0, 0.05) is 5.82 Å². The van der Waals surface area contributed by atoms with Crippen molar-refractivity contribution in [3.05, 3.63) is 11.9 Å². The van der Waals surface area contributed by atoms with Crippen LogP contribution in [0.2, 0.25) is 0 Å². The van der Waals surface area contributed by atoms with Crippen LogP contribution in [0.3, 0.4) is 0 Å². The number of allylic oxidation sites excluding steroid dienone is 1. The molecule has 0 bridgehead atoms. The van der Waals surface area contributed by atoms with Gasteiger partial charge in [-0.1, -0.05) is 0 Å². The van der Waals surface area contributed by atoms with Crippen LogP contribution in [0.1, 0.15) is 13.8 Å². The average Bonchev–Trinajstić information content (AvgIpc) is 2.25. The summed E-state index contributed by atoms with van der Waals surface area (Å²) in [5.74, 6) is -12.0. The summed E-state index contributed by atoms with van der Waals surface area (Å²) >= 11 is 0. The van der Waals surface area contributed by atoms with Crippen LogP contribution in [0.4, 0.5) is 30.7 Å². The van der Waals surface area contributed by atoms with Crippen molar-refractivity contribution in [2.75, 3.05) is 13.2 Å². The van der Waals surface area contributed by atoms with E-state index in [9.17, 15) is 35.3 Å². The van der Waals surface area contributed by atoms with Gasteiger partial charge in [0.05, 0.1) is 13.2 Å². The molecule has 0 saturated heterocycles. The van der Waals surface area contributed by atoms with Crippen molar-refractivity contribution in [1.82, 2.24) is 0 Å². The number of hydrogen-bond acceptors (Lipinski definition) is 3. The molecule has 0 N–H and O–H groups in total. The van der Waals surface area contributed by atoms with Gasteiger partial charge < -0.3 is 9.05 Å². The normalized spacial score (nSPS) is 15.1. The maximum Gasteiger partial charge on any atom is 0.460 e. The third-order valence-corrected chi connectivity index (χ3v) is 3.61. The summed E-state index contributed by atoms with van der Waals surface area (Å²) in [6.45, 7) is 2.07. The van der Waals surface area contributed by atoms with Crippen molar-refractivity contribution in [1.29, 1.82) is 0 Å².